The molecule has 1 unspecified atom stereocenters. The lowest BCUT2D eigenvalue weighted by molar-refractivity contribution is -0.150. The molecule has 1 aromatic carbocycles. The number of nitrogens with one attached hydrogen (secondary N) is 1. The van der Waals surface area contributed by atoms with Crippen LogP contribution in [-0.4, -0.2) is 62.5 Å². The van der Waals surface area contributed by atoms with E-state index in [4.69, 9.17) is 5.73 Å². The van der Waals surface area contributed by atoms with Crippen LogP contribution in [-0.2, 0) is 19.2 Å². The predicted molar refractivity (Wildman–Crippen MR) is 153 cm³/mol. The van der Waals surface area contributed by atoms with E-state index in [0.29, 0.717) is 11.0 Å². The molecule has 1 fully saturated rings. The summed E-state index contributed by atoms with van der Waals surface area (Å²) in [6.45, 7) is -1.29. The number of thioether (sulfide) groups is 2. The number of amides is 2. The van der Waals surface area contributed by atoms with Crippen molar-refractivity contribution in [2.24, 2.45) is 5.16 Å². The second-order valence-electron chi connectivity index (χ2n) is 8.14. The molecule has 206 valence electrons. The first-order valence-corrected chi connectivity index (χ1v) is 15.0. The fraction of sp³-hybridized carbons (Fsp3) is 0.167. The van der Waals surface area contributed by atoms with Gasteiger partial charge in [0.05, 0.1) is 4.21 Å². The van der Waals surface area contributed by atoms with Crippen molar-refractivity contribution in [3.63, 3.8) is 0 Å². The lowest BCUT2D eigenvalue weighted by atomic mass is 10.0. The number of thiazole rings is 1. The summed E-state index contributed by atoms with van der Waals surface area (Å²) in [7, 11) is 0. The molecule has 0 bridgehead atoms. The van der Waals surface area contributed by atoms with E-state index >= 15 is 0 Å². The van der Waals surface area contributed by atoms with Gasteiger partial charge in [-0.25, -0.2) is 14.2 Å². The molecule has 0 saturated carbocycles. The Morgan fingerprint density at radius 1 is 1.35 bits per heavy atom. The number of aromatic nitrogens is 1. The number of carbonyl (C=O) groups is 3. The van der Waals surface area contributed by atoms with Gasteiger partial charge in [-0.2, -0.15) is 0 Å². The minimum absolute atomic E-state index is 0.0425. The van der Waals surface area contributed by atoms with Crippen molar-refractivity contribution < 1.29 is 28.7 Å². The van der Waals surface area contributed by atoms with Crippen LogP contribution in [0.3, 0.4) is 0 Å². The molecule has 1 saturated heterocycles. The zero-order chi connectivity index (χ0) is 28.4. The monoisotopic (exact) mass is 619 g/mol. The van der Waals surface area contributed by atoms with Crippen LogP contribution in [0.1, 0.15) is 5.69 Å². The van der Waals surface area contributed by atoms with Crippen molar-refractivity contribution in [2.45, 2.75) is 15.6 Å². The third-order valence-corrected chi connectivity index (χ3v) is 9.77. The number of hydrogen-bond donors (Lipinski definition) is 3. The summed E-state index contributed by atoms with van der Waals surface area (Å²) in [6.07, 6.45) is 1.61. The highest BCUT2D eigenvalue weighted by Gasteiger charge is 2.54. The number of anilines is 1. The number of benzene rings is 1. The molecule has 2 aromatic heterocycles. The number of nitrogens with two attached hydrogens (primary N) is 1. The SMILES string of the molecule is Nc1nc(C(=NOCF)C(=O)NC2C(=O)N3C(C(=O)O)=C(C=CSc4cc(=O)c5ccccc5s4)CS[C@@H]23)cs1. The number of rotatable bonds is 9. The molecule has 3 aromatic rings. The molecule has 16 heteroatoms. The lowest BCUT2D eigenvalue weighted by Gasteiger charge is -2.49. The number of β-lactam (4-membered cyclic amide) rings is 1. The number of carboxylic acid groups (broad SMARTS) is 1. The van der Waals surface area contributed by atoms with E-state index in [2.05, 4.69) is 20.3 Å². The molecule has 5 rings (SSSR count). The zero-order valence-electron chi connectivity index (χ0n) is 20.1. The van der Waals surface area contributed by atoms with E-state index in [-0.39, 0.29) is 33.4 Å². The Bertz CT molecular complexity index is 1670. The Morgan fingerprint density at radius 3 is 2.88 bits per heavy atom. The molecular formula is C24H18FN5O6S4. The highest BCUT2D eigenvalue weighted by atomic mass is 32.2. The average Bonchev–Trinajstić information content (AvgIpc) is 3.37. The Kier molecular flexibility index (Phi) is 8.20. The summed E-state index contributed by atoms with van der Waals surface area (Å²) < 4.78 is 14.1. The normalized spacial score (nSPS) is 19.1. The van der Waals surface area contributed by atoms with Crippen molar-refractivity contribution in [1.82, 2.24) is 15.2 Å². The maximum Gasteiger partial charge on any atom is 0.352 e. The number of oxime groups is 1. The molecule has 2 amide bonds. The quantitative estimate of drug-likeness (QED) is 0.140. The Balaban J connectivity index is 1.32. The molecule has 40 heavy (non-hydrogen) atoms. The predicted octanol–water partition coefficient (Wildman–Crippen LogP) is 2.99. The van der Waals surface area contributed by atoms with Gasteiger partial charge in [-0.3, -0.25) is 19.3 Å². The van der Waals surface area contributed by atoms with E-state index in [1.54, 1.807) is 23.6 Å². The summed E-state index contributed by atoms with van der Waals surface area (Å²) in [5.41, 5.74) is 5.39. The minimum atomic E-state index is -1.29. The Morgan fingerprint density at radius 2 is 2.15 bits per heavy atom. The van der Waals surface area contributed by atoms with Crippen LogP contribution in [0.15, 0.2) is 72.6 Å². The van der Waals surface area contributed by atoms with Crippen LogP contribution >= 0.6 is 46.2 Å². The first kappa shape index (κ1) is 27.8. The first-order valence-electron chi connectivity index (χ1n) is 11.3. The second kappa shape index (κ2) is 11.8. The largest absolute Gasteiger partial charge is 0.477 e. The molecular weight excluding hydrogens is 602 g/mol. The standard InChI is InChI=1S/C24H18FN5O6S4/c25-10-36-29-17(13-9-39-24(26)27-13)20(32)28-18-21(33)30-19(23(34)35)11(8-38-22(18)30)5-6-37-16-7-14(31)12-3-1-2-4-15(12)40-16/h1-7,9,18,22H,8,10H2,(H2,26,27)(H,28,32)(H,34,35)/t18?,22-/m0/s1. The number of carbonyl (C=O) groups excluding carboxylic acids is 2. The molecule has 0 aliphatic carbocycles. The van der Waals surface area contributed by atoms with Gasteiger partial charge in [0.15, 0.2) is 16.3 Å². The number of aliphatic carboxylic acids is 1. The van der Waals surface area contributed by atoms with Gasteiger partial charge in [-0.05, 0) is 29.2 Å². The zero-order valence-corrected chi connectivity index (χ0v) is 23.4. The van der Waals surface area contributed by atoms with E-state index < -0.39 is 36.1 Å². The maximum absolute atomic E-state index is 13.0. The van der Waals surface area contributed by atoms with Crippen LogP contribution in [0, 0.1) is 0 Å². The number of nitrogens with zero attached hydrogens (tertiary/aromatic N) is 3. The molecule has 0 radical (unpaired) electrons. The van der Waals surface area contributed by atoms with Crippen LogP contribution in [0.2, 0.25) is 0 Å². The highest BCUT2D eigenvalue weighted by Crippen LogP contribution is 2.41. The summed E-state index contributed by atoms with van der Waals surface area (Å²) in [5, 5.41) is 19.1. The summed E-state index contributed by atoms with van der Waals surface area (Å²) in [4.78, 5) is 59.8. The first-order chi connectivity index (χ1) is 19.3. The van der Waals surface area contributed by atoms with Crippen LogP contribution in [0.5, 0.6) is 0 Å². The number of fused-ring (bicyclic) bond motifs is 2. The topological polar surface area (TPSA) is 164 Å². The van der Waals surface area contributed by atoms with Crippen LogP contribution in [0.4, 0.5) is 9.52 Å². The van der Waals surface area contributed by atoms with Gasteiger partial charge in [0.2, 0.25) is 0 Å². The number of allylic oxidation sites excluding steroid dienone is 1. The van der Waals surface area contributed by atoms with Gasteiger partial charge in [0.25, 0.3) is 18.7 Å². The number of nitrogen functional groups attached to an aromatic ring is 1. The van der Waals surface area contributed by atoms with Crippen LogP contribution in [0.25, 0.3) is 10.1 Å². The van der Waals surface area contributed by atoms with Gasteiger partial charge in [0, 0.05) is 27.3 Å². The average molecular weight is 620 g/mol. The summed E-state index contributed by atoms with van der Waals surface area (Å²) in [5.74, 6) is -2.52. The molecule has 4 heterocycles. The van der Waals surface area contributed by atoms with Crippen molar-refractivity contribution in [2.75, 3.05) is 18.3 Å². The molecule has 0 spiro atoms. The van der Waals surface area contributed by atoms with E-state index in [0.717, 1.165) is 25.1 Å². The smallest absolute Gasteiger partial charge is 0.352 e. The fourth-order valence-electron chi connectivity index (χ4n) is 3.99. The number of alkyl halides is 1. The van der Waals surface area contributed by atoms with E-state index in [1.165, 1.54) is 46.3 Å². The number of carboxylic acids is 1. The minimum Gasteiger partial charge on any atom is -0.477 e. The lowest BCUT2D eigenvalue weighted by Crippen LogP contribution is -2.71. The van der Waals surface area contributed by atoms with Crippen molar-refractivity contribution in [3.8, 4) is 0 Å². The molecule has 2 atom stereocenters. The third kappa shape index (κ3) is 5.47. The molecule has 4 N–H and O–H groups in total. The van der Waals surface area contributed by atoms with Gasteiger partial charge >= 0.3 is 5.97 Å². The summed E-state index contributed by atoms with van der Waals surface area (Å²) >= 11 is 5.02. The number of halogens is 1. The van der Waals surface area contributed by atoms with Gasteiger partial charge in [-0.15, -0.1) is 34.4 Å². The van der Waals surface area contributed by atoms with Gasteiger partial charge < -0.3 is 21.0 Å². The van der Waals surface area contributed by atoms with Crippen molar-refractivity contribution in [1.29, 1.82) is 0 Å². The van der Waals surface area contributed by atoms with Crippen LogP contribution < -0.4 is 16.5 Å². The van der Waals surface area contributed by atoms with Gasteiger partial charge in [-0.1, -0.05) is 29.1 Å². The third-order valence-electron chi connectivity index (χ3n) is 5.74. The van der Waals surface area contributed by atoms with E-state index in [9.17, 15) is 28.7 Å². The van der Waals surface area contributed by atoms with E-state index in [1.807, 2.05) is 12.1 Å². The second-order valence-corrected chi connectivity index (χ2v) is 12.4. The fourth-order valence-corrected chi connectivity index (χ4v) is 7.84. The highest BCUT2D eigenvalue weighted by molar-refractivity contribution is 8.04. The molecule has 2 aliphatic rings. The van der Waals surface area contributed by atoms with Crippen molar-refractivity contribution in [3.05, 3.63) is 74.4 Å². The van der Waals surface area contributed by atoms with Crippen molar-refractivity contribution >= 4 is 84.9 Å². The maximum atomic E-state index is 13.0. The number of hydrogen-bond acceptors (Lipinski definition) is 12. The Labute approximate surface area is 241 Å². The molecule has 11 nitrogen and oxygen atoms in total. The molecule has 2 aliphatic heterocycles. The van der Waals surface area contributed by atoms with Gasteiger partial charge in [0.1, 0.15) is 22.8 Å². The Hall–Kier alpha value is -3.73. The summed E-state index contributed by atoms with van der Waals surface area (Å²) in [6, 6.07) is 7.75.